The SMILES string of the molecule is CCC(C)CN(CC)Cc1cc(Nc2nc(C)cn3c(-c4cnn(CC)c4)cnc23)sn1.O=CNC1CCOCC1. The summed E-state index contributed by atoms with van der Waals surface area (Å²) in [6, 6.07) is 2.48. The maximum absolute atomic E-state index is 9.92. The number of carbonyl (C=O) groups is 1. The van der Waals surface area contributed by atoms with E-state index in [2.05, 4.69) is 68.2 Å². The van der Waals surface area contributed by atoms with Crippen molar-refractivity contribution in [3.05, 3.63) is 42.2 Å². The molecule has 1 aliphatic heterocycles. The highest BCUT2D eigenvalue weighted by atomic mass is 32.1. The van der Waals surface area contributed by atoms with Gasteiger partial charge in [0.25, 0.3) is 0 Å². The molecule has 4 aromatic rings. The number of anilines is 2. The normalized spacial score (nSPS) is 14.6. The van der Waals surface area contributed by atoms with Gasteiger partial charge in [-0.2, -0.15) is 9.47 Å². The van der Waals surface area contributed by atoms with Crippen LogP contribution in [0.2, 0.25) is 0 Å². The van der Waals surface area contributed by atoms with Gasteiger partial charge in [-0.05, 0) is 56.8 Å². The van der Waals surface area contributed by atoms with Gasteiger partial charge in [0.05, 0.1) is 29.5 Å². The molecule has 1 amide bonds. The lowest BCUT2D eigenvalue weighted by molar-refractivity contribution is -0.110. The summed E-state index contributed by atoms with van der Waals surface area (Å²) < 4.78 is 13.8. The first kappa shape index (κ1) is 30.6. The monoisotopic (exact) mass is 581 g/mol. The zero-order chi connectivity index (χ0) is 29.2. The van der Waals surface area contributed by atoms with Crippen LogP contribution in [0.1, 0.15) is 58.3 Å². The number of nitrogens with one attached hydrogen (secondary N) is 2. The van der Waals surface area contributed by atoms with E-state index in [-0.39, 0.29) is 0 Å². The molecule has 1 atom stereocenters. The quantitative estimate of drug-likeness (QED) is 0.227. The summed E-state index contributed by atoms with van der Waals surface area (Å²) in [6.45, 7) is 16.2. The van der Waals surface area contributed by atoms with Crippen LogP contribution in [0.5, 0.6) is 0 Å². The van der Waals surface area contributed by atoms with Crippen molar-refractivity contribution in [3.63, 3.8) is 0 Å². The first-order valence-corrected chi connectivity index (χ1v) is 15.3. The van der Waals surface area contributed by atoms with Crippen molar-refractivity contribution in [2.24, 2.45) is 5.92 Å². The zero-order valence-corrected chi connectivity index (χ0v) is 25.7. The van der Waals surface area contributed by atoms with Crippen molar-refractivity contribution in [3.8, 4) is 11.3 Å². The van der Waals surface area contributed by atoms with Crippen molar-refractivity contribution < 1.29 is 9.53 Å². The maximum atomic E-state index is 9.92. The second-order valence-corrected chi connectivity index (χ2v) is 11.3. The van der Waals surface area contributed by atoms with Crippen LogP contribution in [-0.2, 0) is 22.6 Å². The molecule has 0 spiro atoms. The van der Waals surface area contributed by atoms with Crippen LogP contribution < -0.4 is 10.6 Å². The summed E-state index contributed by atoms with van der Waals surface area (Å²) >= 11 is 1.47. The number of hydrogen-bond acceptors (Lipinski definition) is 9. The van der Waals surface area contributed by atoms with Gasteiger partial charge in [0.1, 0.15) is 5.00 Å². The minimum atomic E-state index is 0.358. The Kier molecular flexibility index (Phi) is 11.2. The summed E-state index contributed by atoms with van der Waals surface area (Å²) in [7, 11) is 0. The number of hydrogen-bond donors (Lipinski definition) is 2. The Morgan fingerprint density at radius 1 is 1.22 bits per heavy atom. The van der Waals surface area contributed by atoms with Gasteiger partial charge in [-0.3, -0.25) is 18.8 Å². The molecule has 0 saturated carbocycles. The van der Waals surface area contributed by atoms with Gasteiger partial charge in [0, 0.05) is 56.8 Å². The molecule has 1 fully saturated rings. The molecule has 1 unspecified atom stereocenters. The predicted octanol–water partition coefficient (Wildman–Crippen LogP) is 4.90. The van der Waals surface area contributed by atoms with Crippen LogP contribution in [0.15, 0.2) is 30.9 Å². The third kappa shape index (κ3) is 8.34. The Morgan fingerprint density at radius 3 is 2.71 bits per heavy atom. The molecule has 0 aromatic carbocycles. The summed E-state index contributed by atoms with van der Waals surface area (Å²) in [6.07, 6.45) is 11.7. The molecule has 4 aromatic heterocycles. The zero-order valence-electron chi connectivity index (χ0n) is 24.8. The van der Waals surface area contributed by atoms with Crippen LogP contribution in [-0.4, -0.2) is 72.2 Å². The smallest absolute Gasteiger partial charge is 0.207 e. The number of aryl methyl sites for hydroxylation is 2. The van der Waals surface area contributed by atoms with E-state index in [1.165, 1.54) is 18.0 Å². The third-order valence-electron chi connectivity index (χ3n) is 7.29. The molecule has 5 heterocycles. The number of fused-ring (bicyclic) bond motifs is 1. The standard InChI is InChI=1S/C23H32N8S.C6H11NO2/c1-6-16(4)12-29(7-2)15-19-9-21(32-28-19)27-22-23-24-11-20(31(23)13-17(5)26-22)18-10-25-30(8-3)14-18;8-5-7-6-1-3-9-4-2-6/h9-11,13-14,16H,6-8,12,15H2,1-5H3,(H,26,27);5-6H,1-4H2,(H,7,8). The van der Waals surface area contributed by atoms with E-state index in [0.29, 0.717) is 12.0 Å². The fraction of sp³-hybridized carbons (Fsp3) is 0.552. The van der Waals surface area contributed by atoms with E-state index < -0.39 is 0 Å². The highest BCUT2D eigenvalue weighted by Crippen LogP contribution is 2.28. The number of ether oxygens (including phenoxy) is 1. The van der Waals surface area contributed by atoms with Gasteiger partial charge in [-0.1, -0.05) is 27.2 Å². The van der Waals surface area contributed by atoms with Gasteiger partial charge >= 0.3 is 0 Å². The fourth-order valence-electron chi connectivity index (χ4n) is 4.70. The molecule has 2 N–H and O–H groups in total. The van der Waals surface area contributed by atoms with E-state index in [0.717, 1.165) is 97.8 Å². The molecule has 11 nitrogen and oxygen atoms in total. The van der Waals surface area contributed by atoms with Crippen molar-refractivity contribution in [1.82, 2.24) is 38.7 Å². The lowest BCUT2D eigenvalue weighted by atomic mass is 10.1. The Balaban J connectivity index is 0.000000367. The van der Waals surface area contributed by atoms with Crippen molar-refractivity contribution in [2.45, 2.75) is 73.0 Å². The van der Waals surface area contributed by atoms with Crippen molar-refractivity contribution in [2.75, 3.05) is 31.6 Å². The molecular weight excluding hydrogens is 538 g/mol. The first-order chi connectivity index (χ1) is 19.9. The van der Waals surface area contributed by atoms with Crippen LogP contribution in [0.3, 0.4) is 0 Å². The minimum absolute atomic E-state index is 0.358. The molecule has 0 aliphatic carbocycles. The second kappa shape index (κ2) is 15.0. The van der Waals surface area contributed by atoms with Gasteiger partial charge < -0.3 is 15.4 Å². The van der Waals surface area contributed by atoms with Crippen LogP contribution in [0, 0.1) is 12.8 Å². The average Bonchev–Trinajstić information content (AvgIpc) is 3.73. The predicted molar refractivity (Wildman–Crippen MR) is 163 cm³/mol. The summed E-state index contributed by atoms with van der Waals surface area (Å²) in [4.78, 5) is 21.7. The summed E-state index contributed by atoms with van der Waals surface area (Å²) in [5.41, 5.74) is 4.83. The van der Waals surface area contributed by atoms with Gasteiger partial charge in [-0.15, -0.1) is 0 Å². The van der Waals surface area contributed by atoms with Crippen LogP contribution in [0.4, 0.5) is 10.8 Å². The molecule has 5 rings (SSSR count). The minimum Gasteiger partial charge on any atom is -0.381 e. The van der Waals surface area contributed by atoms with Gasteiger partial charge in [-0.25, -0.2) is 9.97 Å². The van der Waals surface area contributed by atoms with Gasteiger partial charge in [0.2, 0.25) is 6.41 Å². The summed E-state index contributed by atoms with van der Waals surface area (Å²) in [5, 5.41) is 11.6. The average molecular weight is 582 g/mol. The van der Waals surface area contributed by atoms with E-state index in [9.17, 15) is 4.79 Å². The molecular formula is C29H43N9O2S. The number of imidazole rings is 1. The Hall–Kier alpha value is -3.35. The van der Waals surface area contributed by atoms with Crippen LogP contribution in [0.25, 0.3) is 16.9 Å². The molecule has 0 radical (unpaired) electrons. The number of aromatic nitrogens is 6. The molecule has 0 bridgehead atoms. The maximum Gasteiger partial charge on any atom is 0.207 e. The number of carbonyl (C=O) groups excluding carboxylic acids is 1. The molecule has 1 saturated heterocycles. The van der Waals surface area contributed by atoms with Crippen molar-refractivity contribution in [1.29, 1.82) is 0 Å². The Morgan fingerprint density at radius 2 is 2.02 bits per heavy atom. The third-order valence-corrected chi connectivity index (χ3v) is 8.03. The molecule has 1 aliphatic rings. The van der Waals surface area contributed by atoms with E-state index in [1.54, 1.807) is 0 Å². The Bertz CT molecular complexity index is 1380. The Labute approximate surface area is 246 Å². The largest absolute Gasteiger partial charge is 0.381 e. The topological polar surface area (TPSA) is 115 Å². The first-order valence-electron chi connectivity index (χ1n) is 14.5. The van der Waals surface area contributed by atoms with E-state index in [1.807, 2.05) is 36.4 Å². The highest BCUT2D eigenvalue weighted by molar-refractivity contribution is 7.10. The van der Waals surface area contributed by atoms with E-state index >= 15 is 0 Å². The number of nitrogens with zero attached hydrogens (tertiary/aromatic N) is 7. The second-order valence-electron chi connectivity index (χ2n) is 10.5. The summed E-state index contributed by atoms with van der Waals surface area (Å²) in [5.74, 6) is 1.43. The molecule has 12 heteroatoms. The fourth-order valence-corrected chi connectivity index (χ4v) is 5.36. The van der Waals surface area contributed by atoms with Gasteiger partial charge in [0.15, 0.2) is 11.5 Å². The highest BCUT2D eigenvalue weighted by Gasteiger charge is 2.16. The number of amides is 1. The van der Waals surface area contributed by atoms with Crippen molar-refractivity contribution >= 4 is 34.4 Å². The number of rotatable bonds is 12. The molecule has 41 heavy (non-hydrogen) atoms. The molecule has 222 valence electrons. The van der Waals surface area contributed by atoms with E-state index in [4.69, 9.17) is 9.72 Å². The lowest BCUT2D eigenvalue weighted by Crippen LogP contribution is -2.33. The lowest BCUT2D eigenvalue weighted by Gasteiger charge is -2.22. The van der Waals surface area contributed by atoms with Crippen LogP contribution >= 0.6 is 11.5 Å².